The van der Waals surface area contributed by atoms with E-state index in [1.165, 1.54) is 30.6 Å². The predicted octanol–water partition coefficient (Wildman–Crippen LogP) is 1.09. The summed E-state index contributed by atoms with van der Waals surface area (Å²) in [6.07, 6.45) is -8.35. The normalized spacial score (nSPS) is 25.8. The van der Waals surface area contributed by atoms with Crippen LogP contribution in [0.5, 0.6) is 0 Å². The molecule has 0 radical (unpaired) electrons. The molecule has 0 bridgehead atoms. The smallest absolute Gasteiger partial charge is 0.417 e. The van der Waals surface area contributed by atoms with Gasteiger partial charge in [-0.3, -0.25) is 4.98 Å². The number of alkyl halides is 3. The van der Waals surface area contributed by atoms with Gasteiger partial charge in [0.1, 0.15) is 29.9 Å². The topological polar surface area (TPSA) is 145 Å². The summed E-state index contributed by atoms with van der Waals surface area (Å²) in [5.74, 6) is 0. The summed E-state index contributed by atoms with van der Waals surface area (Å²) in [5, 5.41) is 41.8. The van der Waals surface area contributed by atoms with Gasteiger partial charge in [0.2, 0.25) is 0 Å². The van der Waals surface area contributed by atoms with Gasteiger partial charge in [0.25, 0.3) is 0 Å². The number of nitrogens with zero attached hydrogens (tertiary/aromatic N) is 1. The van der Waals surface area contributed by atoms with Crippen LogP contribution in [-0.2, 0) is 10.9 Å². The minimum absolute atomic E-state index is 0.00630. The maximum atomic E-state index is 14.0. The number of aliphatic hydroxyl groups is 4. The molecular weight excluding hydrogens is 449 g/mol. The zero-order valence-electron chi connectivity index (χ0n) is 16.7. The van der Waals surface area contributed by atoms with E-state index in [0.29, 0.717) is 0 Å². The van der Waals surface area contributed by atoms with Crippen LogP contribution >= 0.6 is 0 Å². The molecule has 3 unspecified atom stereocenters. The number of halogens is 3. The van der Waals surface area contributed by atoms with Crippen molar-refractivity contribution < 1.29 is 42.8 Å². The summed E-state index contributed by atoms with van der Waals surface area (Å²) in [5.41, 5.74) is -3.34. The number of benzene rings is 1. The summed E-state index contributed by atoms with van der Waals surface area (Å²) in [7, 11) is 0. The monoisotopic (exact) mass is 468 g/mol. The first-order chi connectivity index (χ1) is 15.6. The quantitative estimate of drug-likeness (QED) is 0.355. The molecule has 0 spiro atoms. The van der Waals surface area contributed by atoms with Crippen LogP contribution in [0.2, 0.25) is 0 Å². The molecule has 1 fully saturated rings. The lowest BCUT2D eigenvalue weighted by molar-refractivity contribution is -0.245. The van der Waals surface area contributed by atoms with Gasteiger partial charge in [-0.15, -0.1) is 0 Å². The number of aliphatic hydroxyl groups excluding tert-OH is 4. The Morgan fingerprint density at radius 3 is 2.39 bits per heavy atom. The van der Waals surface area contributed by atoms with Gasteiger partial charge in [0.15, 0.2) is 6.29 Å². The van der Waals surface area contributed by atoms with E-state index < -0.39 is 60.2 Å². The zero-order chi connectivity index (χ0) is 23.9. The van der Waals surface area contributed by atoms with E-state index in [2.05, 4.69) is 10.3 Å². The van der Waals surface area contributed by atoms with Crippen molar-refractivity contribution in [2.45, 2.75) is 36.8 Å². The van der Waals surface area contributed by atoms with E-state index in [1.54, 1.807) is 0 Å². The zero-order valence-corrected chi connectivity index (χ0v) is 16.7. The van der Waals surface area contributed by atoms with Crippen LogP contribution in [0.25, 0.3) is 22.1 Å². The third-order valence-corrected chi connectivity index (χ3v) is 5.39. The Kier molecular flexibility index (Phi) is 6.12. The molecule has 9 nitrogen and oxygen atoms in total. The van der Waals surface area contributed by atoms with E-state index in [1.807, 2.05) is 0 Å². The van der Waals surface area contributed by atoms with Gasteiger partial charge in [-0.05, 0) is 29.8 Å². The molecule has 33 heavy (non-hydrogen) atoms. The lowest BCUT2D eigenvalue weighted by Gasteiger charge is -2.40. The van der Waals surface area contributed by atoms with Gasteiger partial charge in [0.05, 0.1) is 17.7 Å². The van der Waals surface area contributed by atoms with Crippen molar-refractivity contribution in [1.29, 1.82) is 0 Å². The summed E-state index contributed by atoms with van der Waals surface area (Å²) in [6.45, 7) is -0.650. The second-order valence-corrected chi connectivity index (χ2v) is 7.48. The predicted molar refractivity (Wildman–Crippen MR) is 108 cm³/mol. The van der Waals surface area contributed by atoms with Crippen LogP contribution in [-0.4, -0.2) is 62.7 Å². The molecule has 12 heteroatoms. The molecule has 4 rings (SSSR count). The van der Waals surface area contributed by atoms with Gasteiger partial charge in [-0.1, -0.05) is 0 Å². The highest BCUT2D eigenvalue weighted by Gasteiger charge is 2.44. The van der Waals surface area contributed by atoms with Crippen LogP contribution < -0.4 is 10.9 Å². The van der Waals surface area contributed by atoms with Crippen molar-refractivity contribution in [2.24, 2.45) is 0 Å². The highest BCUT2D eigenvalue weighted by Crippen LogP contribution is 2.40. The van der Waals surface area contributed by atoms with E-state index in [0.717, 1.165) is 12.1 Å². The van der Waals surface area contributed by atoms with Gasteiger partial charge in [-0.25, -0.2) is 4.79 Å². The number of ether oxygens (including phenoxy) is 1. The van der Waals surface area contributed by atoms with E-state index in [9.17, 15) is 33.3 Å². The Morgan fingerprint density at radius 2 is 1.76 bits per heavy atom. The molecule has 5 atom stereocenters. The number of anilines is 1. The number of aromatic nitrogens is 1. The van der Waals surface area contributed by atoms with Crippen LogP contribution in [0.15, 0.2) is 51.9 Å². The number of hydrogen-bond donors (Lipinski definition) is 5. The molecule has 1 aliphatic heterocycles. The molecule has 0 amide bonds. The fraction of sp³-hybridized carbons (Fsp3) is 0.333. The van der Waals surface area contributed by atoms with Gasteiger partial charge >= 0.3 is 11.8 Å². The highest BCUT2D eigenvalue weighted by molar-refractivity contribution is 5.89. The summed E-state index contributed by atoms with van der Waals surface area (Å²) in [6, 6.07) is 4.67. The molecule has 176 valence electrons. The SMILES string of the molecule is O=c1oc2cc(NC3C(O)OC(CO)[C@@H](O)[C@@H]3O)ccc2c(C(F)(F)F)c1-c1ccncc1. The molecule has 3 aromatic rings. The van der Waals surface area contributed by atoms with Crippen molar-refractivity contribution >= 4 is 16.7 Å². The Balaban J connectivity index is 1.77. The Morgan fingerprint density at radius 1 is 1.06 bits per heavy atom. The molecule has 1 aliphatic rings. The number of fused-ring (bicyclic) bond motifs is 1. The standard InChI is InChI=1S/C21H19F3N2O7/c22-21(23,24)15-11-2-1-10(26-16-18(29)17(28)13(8-27)33-20(16)31)7-12(11)32-19(30)14(15)9-3-5-25-6-4-9/h1-7,13,16-18,20,26-29,31H,8H2/t13?,16?,17-,18-,20?/m1/s1. The van der Waals surface area contributed by atoms with Gasteiger partial charge in [-0.2, -0.15) is 13.2 Å². The minimum atomic E-state index is -4.88. The van der Waals surface area contributed by atoms with Crippen molar-refractivity contribution in [3.05, 3.63) is 58.7 Å². The second-order valence-electron chi connectivity index (χ2n) is 7.48. The maximum Gasteiger partial charge on any atom is 0.417 e. The van der Waals surface area contributed by atoms with Gasteiger partial charge < -0.3 is 34.9 Å². The third kappa shape index (κ3) is 4.30. The van der Waals surface area contributed by atoms with E-state index in [-0.39, 0.29) is 22.2 Å². The number of rotatable bonds is 4. The molecular formula is C21H19F3N2O7. The maximum absolute atomic E-state index is 14.0. The lowest BCUT2D eigenvalue weighted by atomic mass is 9.96. The first-order valence-electron chi connectivity index (χ1n) is 9.77. The Bertz CT molecular complexity index is 1200. The number of hydrogen-bond acceptors (Lipinski definition) is 9. The van der Waals surface area contributed by atoms with Crippen molar-refractivity contribution in [2.75, 3.05) is 11.9 Å². The summed E-state index contributed by atoms with van der Waals surface area (Å²) < 4.78 is 52.2. The van der Waals surface area contributed by atoms with E-state index in [4.69, 9.17) is 14.3 Å². The van der Waals surface area contributed by atoms with Crippen LogP contribution in [0.4, 0.5) is 18.9 Å². The number of pyridine rings is 1. The Labute approximate surface area is 183 Å². The number of nitrogens with one attached hydrogen (secondary N) is 1. The van der Waals surface area contributed by atoms with Crippen LogP contribution in [0.3, 0.4) is 0 Å². The first-order valence-corrected chi connectivity index (χ1v) is 9.77. The molecule has 1 saturated heterocycles. The molecule has 5 N–H and O–H groups in total. The first kappa shape index (κ1) is 23.1. The third-order valence-electron chi connectivity index (χ3n) is 5.39. The average molecular weight is 468 g/mol. The Hall–Kier alpha value is -3.03. The van der Waals surface area contributed by atoms with Crippen molar-refractivity contribution in [3.63, 3.8) is 0 Å². The van der Waals surface area contributed by atoms with Gasteiger partial charge in [0, 0.05) is 29.5 Å². The fourth-order valence-corrected chi connectivity index (χ4v) is 3.81. The largest absolute Gasteiger partial charge is 0.422 e. The molecule has 3 heterocycles. The van der Waals surface area contributed by atoms with Crippen molar-refractivity contribution in [3.8, 4) is 11.1 Å². The lowest BCUT2D eigenvalue weighted by Crippen LogP contribution is -2.61. The molecule has 0 saturated carbocycles. The molecule has 0 aliphatic carbocycles. The van der Waals surface area contributed by atoms with Crippen LogP contribution in [0.1, 0.15) is 5.56 Å². The molecule has 1 aromatic carbocycles. The highest BCUT2D eigenvalue weighted by atomic mass is 19.4. The van der Waals surface area contributed by atoms with E-state index >= 15 is 0 Å². The second kappa shape index (κ2) is 8.72. The summed E-state index contributed by atoms with van der Waals surface area (Å²) >= 11 is 0. The molecule has 2 aromatic heterocycles. The van der Waals surface area contributed by atoms with Crippen LogP contribution in [0, 0.1) is 0 Å². The summed E-state index contributed by atoms with van der Waals surface area (Å²) in [4.78, 5) is 16.3. The fourth-order valence-electron chi connectivity index (χ4n) is 3.81. The minimum Gasteiger partial charge on any atom is -0.422 e. The van der Waals surface area contributed by atoms with Crippen molar-refractivity contribution in [1.82, 2.24) is 4.98 Å². The average Bonchev–Trinajstić information content (AvgIpc) is 2.78.